The van der Waals surface area contributed by atoms with Crippen LogP contribution in [0.3, 0.4) is 0 Å². The van der Waals surface area contributed by atoms with Crippen LogP contribution in [0.1, 0.15) is 18.4 Å². The molecule has 0 bridgehead atoms. The number of nitrogens with one attached hydrogen (secondary N) is 3. The predicted molar refractivity (Wildman–Crippen MR) is 97.3 cm³/mol. The van der Waals surface area contributed by atoms with Gasteiger partial charge in [-0.1, -0.05) is 12.1 Å². The van der Waals surface area contributed by atoms with Crippen molar-refractivity contribution >= 4 is 33.5 Å². The summed E-state index contributed by atoms with van der Waals surface area (Å²) >= 11 is 0. The first-order chi connectivity index (χ1) is 12.2. The molecule has 25 heavy (non-hydrogen) atoms. The van der Waals surface area contributed by atoms with Gasteiger partial charge in [0.2, 0.25) is 5.91 Å². The van der Waals surface area contributed by atoms with E-state index < -0.39 is 0 Å². The molecule has 2 heterocycles. The molecule has 4 aromatic rings. The lowest BCUT2D eigenvalue weighted by atomic mass is 10.1. The lowest BCUT2D eigenvalue weighted by Gasteiger charge is -2.04. The fourth-order valence-electron chi connectivity index (χ4n) is 3.15. The van der Waals surface area contributed by atoms with E-state index in [9.17, 15) is 4.79 Å². The predicted octanol–water partition coefficient (Wildman–Crippen LogP) is 3.76. The van der Waals surface area contributed by atoms with E-state index >= 15 is 0 Å². The summed E-state index contributed by atoms with van der Waals surface area (Å²) in [5.41, 5.74) is 5.53. The highest BCUT2D eigenvalue weighted by Crippen LogP contribution is 2.32. The molecule has 1 fully saturated rings. The van der Waals surface area contributed by atoms with Gasteiger partial charge in [-0.05, 0) is 49.6 Å². The van der Waals surface area contributed by atoms with E-state index in [-0.39, 0.29) is 11.8 Å². The molecule has 1 saturated carbocycles. The van der Waals surface area contributed by atoms with Crippen molar-refractivity contribution < 1.29 is 4.79 Å². The molecule has 0 aliphatic heterocycles. The lowest BCUT2D eigenvalue weighted by Crippen LogP contribution is -2.13. The SMILES string of the molecule is Cc1cccc2[nH]c(-c3n[nH]c4ccc(NC(=O)C5CC5)cc34)nc12. The molecule has 2 aromatic carbocycles. The van der Waals surface area contributed by atoms with Gasteiger partial charge in [0.05, 0.1) is 16.6 Å². The van der Waals surface area contributed by atoms with E-state index in [1.54, 1.807) is 0 Å². The van der Waals surface area contributed by atoms with Gasteiger partial charge in [-0.25, -0.2) is 4.98 Å². The van der Waals surface area contributed by atoms with Crippen molar-refractivity contribution in [3.63, 3.8) is 0 Å². The van der Waals surface area contributed by atoms with Crippen LogP contribution in [-0.2, 0) is 4.79 Å². The molecule has 0 spiro atoms. The van der Waals surface area contributed by atoms with Gasteiger partial charge in [-0.3, -0.25) is 9.89 Å². The normalized spacial score (nSPS) is 14.3. The largest absolute Gasteiger partial charge is 0.337 e. The van der Waals surface area contributed by atoms with Gasteiger partial charge in [0, 0.05) is 17.0 Å². The summed E-state index contributed by atoms with van der Waals surface area (Å²) in [6.45, 7) is 2.04. The first-order valence-corrected chi connectivity index (χ1v) is 8.44. The van der Waals surface area contributed by atoms with Gasteiger partial charge < -0.3 is 10.3 Å². The number of carbonyl (C=O) groups is 1. The summed E-state index contributed by atoms with van der Waals surface area (Å²) in [6, 6.07) is 11.8. The molecule has 3 N–H and O–H groups in total. The fraction of sp³-hybridized carbons (Fsp3) is 0.211. The van der Waals surface area contributed by atoms with Crippen molar-refractivity contribution in [1.82, 2.24) is 20.2 Å². The van der Waals surface area contributed by atoms with Crippen molar-refractivity contribution in [2.24, 2.45) is 5.92 Å². The third-order valence-electron chi connectivity index (χ3n) is 4.72. The number of hydrogen-bond donors (Lipinski definition) is 3. The number of carbonyl (C=O) groups excluding carboxylic acids is 1. The van der Waals surface area contributed by atoms with Crippen LogP contribution in [0.15, 0.2) is 36.4 Å². The van der Waals surface area contributed by atoms with E-state index in [1.165, 1.54) is 0 Å². The fourth-order valence-corrected chi connectivity index (χ4v) is 3.15. The van der Waals surface area contributed by atoms with Crippen LogP contribution < -0.4 is 5.32 Å². The zero-order valence-electron chi connectivity index (χ0n) is 13.8. The minimum Gasteiger partial charge on any atom is -0.337 e. The average Bonchev–Trinajstić information content (AvgIpc) is 3.23. The summed E-state index contributed by atoms with van der Waals surface area (Å²) < 4.78 is 0. The number of amides is 1. The molecule has 6 nitrogen and oxygen atoms in total. The van der Waals surface area contributed by atoms with E-state index in [4.69, 9.17) is 4.98 Å². The van der Waals surface area contributed by atoms with Gasteiger partial charge in [0.1, 0.15) is 5.69 Å². The van der Waals surface area contributed by atoms with Crippen LogP contribution in [0.4, 0.5) is 5.69 Å². The van der Waals surface area contributed by atoms with Crippen LogP contribution in [0.5, 0.6) is 0 Å². The van der Waals surface area contributed by atoms with Crippen LogP contribution in [0.2, 0.25) is 0 Å². The van der Waals surface area contributed by atoms with Crippen molar-refractivity contribution in [3.8, 4) is 11.5 Å². The molecule has 5 rings (SSSR count). The second-order valence-electron chi connectivity index (χ2n) is 6.65. The second kappa shape index (κ2) is 5.17. The lowest BCUT2D eigenvalue weighted by molar-refractivity contribution is -0.117. The number of benzene rings is 2. The third kappa shape index (κ3) is 2.38. The highest BCUT2D eigenvalue weighted by molar-refractivity contribution is 5.99. The molecular formula is C19H17N5O. The summed E-state index contributed by atoms with van der Waals surface area (Å²) in [6.07, 6.45) is 1.98. The Labute approximate surface area is 143 Å². The molecular weight excluding hydrogens is 314 g/mol. The molecule has 0 saturated heterocycles. The van der Waals surface area contributed by atoms with Gasteiger partial charge in [-0.15, -0.1) is 0 Å². The van der Waals surface area contributed by atoms with Gasteiger partial charge in [0.15, 0.2) is 5.82 Å². The zero-order chi connectivity index (χ0) is 17.0. The van der Waals surface area contributed by atoms with Crippen molar-refractivity contribution in [2.45, 2.75) is 19.8 Å². The highest BCUT2D eigenvalue weighted by atomic mass is 16.2. The zero-order valence-corrected chi connectivity index (χ0v) is 13.8. The molecule has 0 unspecified atom stereocenters. The second-order valence-corrected chi connectivity index (χ2v) is 6.65. The average molecular weight is 331 g/mol. The number of fused-ring (bicyclic) bond motifs is 2. The number of imidazole rings is 1. The Kier molecular flexibility index (Phi) is 2.94. The van der Waals surface area contributed by atoms with Crippen molar-refractivity contribution in [2.75, 3.05) is 5.32 Å². The Morgan fingerprint density at radius 1 is 1.20 bits per heavy atom. The Hall–Kier alpha value is -3.15. The molecule has 0 atom stereocenters. The third-order valence-corrected chi connectivity index (χ3v) is 4.72. The number of para-hydroxylation sites is 1. The number of nitrogens with zero attached hydrogens (tertiary/aromatic N) is 2. The number of aromatic nitrogens is 4. The maximum atomic E-state index is 12.0. The summed E-state index contributed by atoms with van der Waals surface area (Å²) in [5.74, 6) is 1.00. The maximum Gasteiger partial charge on any atom is 0.227 e. The maximum absolute atomic E-state index is 12.0. The Morgan fingerprint density at radius 3 is 2.88 bits per heavy atom. The number of aromatic amines is 2. The van der Waals surface area contributed by atoms with Gasteiger partial charge in [-0.2, -0.15) is 5.10 Å². The minimum atomic E-state index is 0.101. The smallest absolute Gasteiger partial charge is 0.227 e. The molecule has 0 radical (unpaired) electrons. The number of aryl methyl sites for hydroxylation is 1. The van der Waals surface area contributed by atoms with Crippen molar-refractivity contribution in [3.05, 3.63) is 42.0 Å². The highest BCUT2D eigenvalue weighted by Gasteiger charge is 2.29. The van der Waals surface area contributed by atoms with E-state index in [0.29, 0.717) is 0 Å². The number of hydrogen-bond acceptors (Lipinski definition) is 3. The quantitative estimate of drug-likeness (QED) is 0.534. The molecule has 1 aliphatic rings. The number of H-pyrrole nitrogens is 2. The van der Waals surface area contributed by atoms with Crippen molar-refractivity contribution in [1.29, 1.82) is 0 Å². The molecule has 2 aromatic heterocycles. The first-order valence-electron chi connectivity index (χ1n) is 8.44. The standard InChI is InChI=1S/C19H17N5O/c1-10-3-2-4-15-16(10)22-18(21-15)17-13-9-12(7-8-14(13)23-24-17)20-19(25)11-5-6-11/h2-4,7-9,11H,5-6H2,1H3,(H,20,25)(H,21,22)(H,23,24). The Balaban J connectivity index is 1.59. The molecule has 124 valence electrons. The monoisotopic (exact) mass is 331 g/mol. The Morgan fingerprint density at radius 2 is 2.08 bits per heavy atom. The minimum absolute atomic E-state index is 0.101. The summed E-state index contributed by atoms with van der Waals surface area (Å²) in [5, 5.41) is 11.4. The first kappa shape index (κ1) is 14.2. The van der Waals surface area contributed by atoms with E-state index in [0.717, 1.165) is 57.5 Å². The topological polar surface area (TPSA) is 86.5 Å². The van der Waals surface area contributed by atoms with Crippen LogP contribution in [-0.4, -0.2) is 26.1 Å². The Bertz CT molecular complexity index is 1120. The van der Waals surface area contributed by atoms with Crippen LogP contribution >= 0.6 is 0 Å². The number of anilines is 1. The number of rotatable bonds is 3. The molecule has 1 aliphatic carbocycles. The van der Waals surface area contributed by atoms with Crippen LogP contribution in [0.25, 0.3) is 33.5 Å². The summed E-state index contributed by atoms with van der Waals surface area (Å²) in [4.78, 5) is 20.1. The van der Waals surface area contributed by atoms with E-state index in [2.05, 4.69) is 20.5 Å². The van der Waals surface area contributed by atoms with E-state index in [1.807, 2.05) is 43.3 Å². The molecule has 6 heteroatoms. The summed E-state index contributed by atoms with van der Waals surface area (Å²) in [7, 11) is 0. The van der Waals surface area contributed by atoms with Gasteiger partial charge in [0.25, 0.3) is 0 Å². The molecule has 1 amide bonds. The van der Waals surface area contributed by atoms with Crippen LogP contribution in [0, 0.1) is 12.8 Å². The van der Waals surface area contributed by atoms with Gasteiger partial charge >= 0.3 is 0 Å².